The molecule has 1 amide bonds. The fourth-order valence-electron chi connectivity index (χ4n) is 2.11. The van der Waals surface area contributed by atoms with E-state index in [-0.39, 0.29) is 16.7 Å². The van der Waals surface area contributed by atoms with Gasteiger partial charge < -0.3 is 14.9 Å². The van der Waals surface area contributed by atoms with Crippen LogP contribution in [0, 0.1) is 0 Å². The van der Waals surface area contributed by atoms with Crippen LogP contribution in [0.2, 0.25) is 5.02 Å². The van der Waals surface area contributed by atoms with Crippen LogP contribution in [-0.2, 0) is 6.54 Å². The van der Waals surface area contributed by atoms with Crippen molar-refractivity contribution in [1.82, 2.24) is 4.90 Å². The largest absolute Gasteiger partial charge is 0.506 e. The van der Waals surface area contributed by atoms with Gasteiger partial charge in [0.05, 0.1) is 5.02 Å². The summed E-state index contributed by atoms with van der Waals surface area (Å²) in [5.74, 6) is -0.168. The lowest BCUT2D eigenvalue weighted by molar-refractivity contribution is 0.0785. The number of phenolic OH excluding ortho intramolecular Hbond substituents is 1. The molecule has 0 aromatic heterocycles. The minimum atomic E-state index is -0.140. The molecule has 0 radical (unpaired) electrons. The average molecular weight is 319 g/mol. The van der Waals surface area contributed by atoms with Crippen LogP contribution in [0.15, 0.2) is 42.5 Å². The van der Waals surface area contributed by atoms with Crippen LogP contribution in [0.1, 0.15) is 15.9 Å². The van der Waals surface area contributed by atoms with Crippen LogP contribution in [0.3, 0.4) is 0 Å². The molecule has 0 aliphatic carbocycles. The second-order valence-corrected chi connectivity index (χ2v) is 5.80. The first-order valence-corrected chi connectivity index (χ1v) is 7.26. The van der Waals surface area contributed by atoms with Gasteiger partial charge >= 0.3 is 0 Å². The minimum Gasteiger partial charge on any atom is -0.506 e. The summed E-state index contributed by atoms with van der Waals surface area (Å²) in [7, 11) is 5.71. The first-order chi connectivity index (χ1) is 10.4. The molecule has 2 rings (SSSR count). The van der Waals surface area contributed by atoms with Gasteiger partial charge in [0.15, 0.2) is 0 Å². The molecular weight excluding hydrogens is 300 g/mol. The number of halogens is 1. The normalized spacial score (nSPS) is 10.4. The number of amides is 1. The van der Waals surface area contributed by atoms with Gasteiger partial charge in [-0.25, -0.2) is 0 Å². The minimum absolute atomic E-state index is 0.0276. The zero-order valence-corrected chi connectivity index (χ0v) is 13.6. The summed E-state index contributed by atoms with van der Waals surface area (Å²) in [6.07, 6.45) is 0. The number of phenols is 1. The average Bonchev–Trinajstić information content (AvgIpc) is 2.49. The van der Waals surface area contributed by atoms with Gasteiger partial charge in [-0.05, 0) is 35.9 Å². The van der Waals surface area contributed by atoms with Crippen LogP contribution in [0.4, 0.5) is 5.69 Å². The molecule has 0 spiro atoms. The third-order valence-electron chi connectivity index (χ3n) is 3.41. The Balaban J connectivity index is 2.09. The Hall–Kier alpha value is -2.20. The summed E-state index contributed by atoms with van der Waals surface area (Å²) in [5.41, 5.74) is 2.62. The number of carbonyl (C=O) groups is 1. The quantitative estimate of drug-likeness (QED) is 0.939. The highest BCUT2D eigenvalue weighted by molar-refractivity contribution is 6.32. The number of carbonyl (C=O) groups excluding carboxylic acids is 1. The lowest BCUT2D eigenvalue weighted by Gasteiger charge is -2.18. The van der Waals surface area contributed by atoms with Gasteiger partial charge in [0, 0.05) is 38.9 Å². The molecule has 4 nitrogen and oxygen atoms in total. The van der Waals surface area contributed by atoms with E-state index in [0.29, 0.717) is 12.1 Å². The zero-order chi connectivity index (χ0) is 16.3. The number of aromatic hydroxyl groups is 1. The Labute approximate surface area is 135 Å². The predicted octanol–water partition coefficient (Wildman–Crippen LogP) is 3.38. The van der Waals surface area contributed by atoms with E-state index in [1.807, 2.05) is 43.3 Å². The van der Waals surface area contributed by atoms with Crippen LogP contribution >= 0.6 is 11.6 Å². The lowest BCUT2D eigenvalue weighted by Crippen LogP contribution is -2.26. The van der Waals surface area contributed by atoms with Crippen LogP contribution in [0.5, 0.6) is 5.75 Å². The van der Waals surface area contributed by atoms with E-state index in [1.165, 1.54) is 12.1 Å². The number of rotatable bonds is 4. The highest BCUT2D eigenvalue weighted by Gasteiger charge is 2.13. The van der Waals surface area contributed by atoms with Crippen LogP contribution in [0.25, 0.3) is 0 Å². The Morgan fingerprint density at radius 2 is 1.73 bits per heavy atom. The van der Waals surface area contributed by atoms with E-state index in [4.69, 9.17) is 11.6 Å². The van der Waals surface area contributed by atoms with Crippen molar-refractivity contribution < 1.29 is 9.90 Å². The molecule has 22 heavy (non-hydrogen) atoms. The summed E-state index contributed by atoms with van der Waals surface area (Å²) < 4.78 is 0. The maximum absolute atomic E-state index is 12.4. The third-order valence-corrected chi connectivity index (χ3v) is 3.72. The van der Waals surface area contributed by atoms with Crippen molar-refractivity contribution >= 4 is 23.2 Å². The molecule has 1 N–H and O–H groups in total. The Bertz CT molecular complexity index is 669. The molecule has 0 unspecified atom stereocenters. The van der Waals surface area contributed by atoms with Crippen LogP contribution < -0.4 is 4.90 Å². The first-order valence-electron chi connectivity index (χ1n) is 6.88. The van der Waals surface area contributed by atoms with Crippen molar-refractivity contribution in [3.05, 3.63) is 58.6 Å². The topological polar surface area (TPSA) is 43.8 Å². The molecule has 0 saturated heterocycles. The van der Waals surface area contributed by atoms with E-state index < -0.39 is 0 Å². The van der Waals surface area contributed by atoms with Gasteiger partial charge in [0.25, 0.3) is 5.91 Å². The Morgan fingerprint density at radius 1 is 1.09 bits per heavy atom. The van der Waals surface area contributed by atoms with Crippen molar-refractivity contribution in [1.29, 1.82) is 0 Å². The van der Waals surface area contributed by atoms with Crippen LogP contribution in [-0.4, -0.2) is 37.1 Å². The van der Waals surface area contributed by atoms with E-state index >= 15 is 0 Å². The molecule has 0 fully saturated rings. The van der Waals surface area contributed by atoms with E-state index in [9.17, 15) is 9.90 Å². The SMILES string of the molecule is CN(Cc1ccc(N(C)C)cc1)C(=O)c1ccc(O)c(Cl)c1. The predicted molar refractivity (Wildman–Crippen MR) is 89.7 cm³/mol. The molecule has 0 aliphatic rings. The number of benzene rings is 2. The molecule has 116 valence electrons. The van der Waals surface area contributed by atoms with E-state index in [0.717, 1.165) is 11.3 Å². The number of hydrogen-bond donors (Lipinski definition) is 1. The Morgan fingerprint density at radius 3 is 2.27 bits per heavy atom. The first kappa shape index (κ1) is 16.2. The lowest BCUT2D eigenvalue weighted by atomic mass is 10.1. The molecule has 0 bridgehead atoms. The molecular formula is C17H19ClN2O2. The summed E-state index contributed by atoms with van der Waals surface area (Å²) in [6, 6.07) is 12.5. The summed E-state index contributed by atoms with van der Waals surface area (Å²) >= 11 is 5.84. The molecule has 0 saturated carbocycles. The summed E-state index contributed by atoms with van der Waals surface area (Å²) in [4.78, 5) is 16.0. The third kappa shape index (κ3) is 3.71. The van der Waals surface area contributed by atoms with Gasteiger partial charge in [0.2, 0.25) is 0 Å². The fraction of sp³-hybridized carbons (Fsp3) is 0.235. The van der Waals surface area contributed by atoms with Gasteiger partial charge in [-0.15, -0.1) is 0 Å². The summed E-state index contributed by atoms with van der Waals surface area (Å²) in [6.45, 7) is 0.505. The monoisotopic (exact) mass is 318 g/mol. The van der Waals surface area contributed by atoms with Crippen molar-refractivity contribution in [2.75, 3.05) is 26.0 Å². The van der Waals surface area contributed by atoms with Crippen molar-refractivity contribution in [3.8, 4) is 5.75 Å². The number of nitrogens with zero attached hydrogens (tertiary/aromatic N) is 2. The fourth-order valence-corrected chi connectivity index (χ4v) is 2.29. The van der Waals surface area contributed by atoms with E-state index in [1.54, 1.807) is 18.0 Å². The van der Waals surface area contributed by atoms with Crippen molar-refractivity contribution in [2.24, 2.45) is 0 Å². The van der Waals surface area contributed by atoms with E-state index in [2.05, 4.69) is 0 Å². The maximum atomic E-state index is 12.4. The Kier molecular flexibility index (Phi) is 4.93. The molecule has 2 aromatic carbocycles. The van der Waals surface area contributed by atoms with Crippen molar-refractivity contribution in [2.45, 2.75) is 6.54 Å². The molecule has 0 aliphatic heterocycles. The molecule has 2 aromatic rings. The second kappa shape index (κ2) is 6.71. The highest BCUT2D eigenvalue weighted by Crippen LogP contribution is 2.24. The highest BCUT2D eigenvalue weighted by atomic mass is 35.5. The smallest absolute Gasteiger partial charge is 0.253 e. The molecule has 5 heteroatoms. The van der Waals surface area contributed by atoms with Gasteiger partial charge in [-0.2, -0.15) is 0 Å². The standard InChI is InChI=1S/C17H19ClN2O2/c1-19(2)14-7-4-12(5-8-14)11-20(3)17(22)13-6-9-16(21)15(18)10-13/h4-10,21H,11H2,1-3H3. The van der Waals surface area contributed by atoms with Gasteiger partial charge in [-0.3, -0.25) is 4.79 Å². The van der Waals surface area contributed by atoms with Gasteiger partial charge in [-0.1, -0.05) is 23.7 Å². The maximum Gasteiger partial charge on any atom is 0.253 e. The zero-order valence-electron chi connectivity index (χ0n) is 12.9. The number of anilines is 1. The van der Waals surface area contributed by atoms with Crippen molar-refractivity contribution in [3.63, 3.8) is 0 Å². The molecule has 0 heterocycles. The summed E-state index contributed by atoms with van der Waals surface area (Å²) in [5, 5.41) is 9.58. The van der Waals surface area contributed by atoms with Gasteiger partial charge in [0.1, 0.15) is 5.75 Å². The molecule has 0 atom stereocenters. The second-order valence-electron chi connectivity index (χ2n) is 5.39. The number of hydrogen-bond acceptors (Lipinski definition) is 3.